The van der Waals surface area contributed by atoms with Crippen LogP contribution in [0.5, 0.6) is 11.5 Å². The highest BCUT2D eigenvalue weighted by atomic mass is 16.5. The van der Waals surface area contributed by atoms with E-state index in [-0.39, 0.29) is 5.75 Å². The van der Waals surface area contributed by atoms with Crippen LogP contribution in [0.3, 0.4) is 0 Å². The van der Waals surface area contributed by atoms with E-state index >= 15 is 0 Å². The number of rotatable bonds is 5. The van der Waals surface area contributed by atoms with Crippen molar-refractivity contribution in [2.75, 3.05) is 12.0 Å². The summed E-state index contributed by atoms with van der Waals surface area (Å²) in [4.78, 5) is 36.4. The topological polar surface area (TPSA) is 108 Å². The van der Waals surface area contributed by atoms with Crippen molar-refractivity contribution in [3.8, 4) is 11.5 Å². The molecule has 2 N–H and O–H groups in total. The van der Waals surface area contributed by atoms with Crippen molar-refractivity contribution in [1.29, 1.82) is 0 Å². The van der Waals surface area contributed by atoms with Crippen molar-refractivity contribution in [2.45, 2.75) is 0 Å². The lowest BCUT2D eigenvalue weighted by Crippen LogP contribution is -2.29. The van der Waals surface area contributed by atoms with Crippen LogP contribution in [0.15, 0.2) is 59.7 Å². The summed E-state index contributed by atoms with van der Waals surface area (Å²) in [5, 5.41) is 13.5. The lowest BCUT2D eigenvalue weighted by atomic mass is 10.2. The van der Waals surface area contributed by atoms with E-state index in [1.807, 2.05) is 0 Å². The third kappa shape index (κ3) is 3.84. The molecule has 8 nitrogen and oxygen atoms in total. The van der Waals surface area contributed by atoms with Gasteiger partial charge in [-0.15, -0.1) is 0 Å². The SMILES string of the molecule is COc1ccc(/C=N/NC(=O)c2ccc(N3C(=O)C=CC3=O)cc2)cc1O. The summed E-state index contributed by atoms with van der Waals surface area (Å²) in [6.45, 7) is 0. The third-order valence-corrected chi connectivity index (χ3v) is 3.78. The van der Waals surface area contributed by atoms with Gasteiger partial charge in [0.2, 0.25) is 0 Å². The quantitative estimate of drug-likeness (QED) is 0.475. The van der Waals surface area contributed by atoms with E-state index in [1.54, 1.807) is 12.1 Å². The number of anilines is 1. The van der Waals surface area contributed by atoms with Gasteiger partial charge in [0.05, 0.1) is 19.0 Å². The number of hydrogen-bond donors (Lipinski definition) is 2. The highest BCUT2D eigenvalue weighted by Gasteiger charge is 2.25. The largest absolute Gasteiger partial charge is 0.504 e. The Morgan fingerprint density at radius 1 is 1.11 bits per heavy atom. The van der Waals surface area contributed by atoms with Crippen LogP contribution >= 0.6 is 0 Å². The van der Waals surface area contributed by atoms with Gasteiger partial charge in [-0.1, -0.05) is 0 Å². The van der Waals surface area contributed by atoms with Crippen LogP contribution in [-0.2, 0) is 9.59 Å². The van der Waals surface area contributed by atoms with Gasteiger partial charge in [-0.25, -0.2) is 10.3 Å². The van der Waals surface area contributed by atoms with Crippen LogP contribution in [0.25, 0.3) is 0 Å². The summed E-state index contributed by atoms with van der Waals surface area (Å²) in [5.41, 5.74) is 3.62. The molecule has 2 aromatic carbocycles. The number of ether oxygens (including phenoxy) is 1. The molecule has 0 fully saturated rings. The number of hydrazone groups is 1. The van der Waals surface area contributed by atoms with E-state index in [0.29, 0.717) is 22.6 Å². The molecule has 0 atom stereocenters. The molecular weight excluding hydrogens is 350 g/mol. The Morgan fingerprint density at radius 2 is 1.78 bits per heavy atom. The molecular formula is C19H15N3O5. The zero-order valence-corrected chi connectivity index (χ0v) is 14.2. The Morgan fingerprint density at radius 3 is 2.37 bits per heavy atom. The Hall–Kier alpha value is -3.94. The van der Waals surface area contributed by atoms with Gasteiger partial charge in [-0.2, -0.15) is 5.10 Å². The lowest BCUT2D eigenvalue weighted by molar-refractivity contribution is -0.119. The summed E-state index contributed by atoms with van der Waals surface area (Å²) < 4.78 is 4.95. The normalized spacial score (nSPS) is 13.4. The number of nitrogens with one attached hydrogen (secondary N) is 1. The number of phenolic OH excluding ortho intramolecular Hbond substituents is 1. The van der Waals surface area contributed by atoms with E-state index in [1.165, 1.54) is 55.8 Å². The van der Waals surface area contributed by atoms with Gasteiger partial charge in [0.15, 0.2) is 11.5 Å². The third-order valence-electron chi connectivity index (χ3n) is 3.78. The van der Waals surface area contributed by atoms with Gasteiger partial charge in [0.1, 0.15) is 0 Å². The van der Waals surface area contributed by atoms with Crippen LogP contribution in [0, 0.1) is 0 Å². The first-order valence-electron chi connectivity index (χ1n) is 7.86. The molecule has 0 spiro atoms. The number of carbonyl (C=O) groups excluding carboxylic acids is 3. The van der Waals surface area contributed by atoms with Gasteiger partial charge in [0, 0.05) is 17.7 Å². The van der Waals surface area contributed by atoms with Crippen LogP contribution in [0.4, 0.5) is 5.69 Å². The number of imide groups is 1. The maximum atomic E-state index is 12.1. The fraction of sp³-hybridized carbons (Fsp3) is 0.0526. The molecule has 0 saturated heterocycles. The summed E-state index contributed by atoms with van der Waals surface area (Å²) in [7, 11) is 1.44. The molecule has 0 saturated carbocycles. The first-order valence-corrected chi connectivity index (χ1v) is 7.86. The molecule has 0 radical (unpaired) electrons. The number of hydrogen-bond acceptors (Lipinski definition) is 6. The summed E-state index contributed by atoms with van der Waals surface area (Å²) in [6, 6.07) is 10.7. The molecule has 0 aromatic heterocycles. The second kappa shape index (κ2) is 7.52. The molecule has 0 aliphatic carbocycles. The molecule has 8 heteroatoms. The fourth-order valence-corrected chi connectivity index (χ4v) is 2.43. The van der Waals surface area contributed by atoms with Crippen LogP contribution in [0.1, 0.15) is 15.9 Å². The number of benzene rings is 2. The van der Waals surface area contributed by atoms with Gasteiger partial charge in [0.25, 0.3) is 17.7 Å². The zero-order chi connectivity index (χ0) is 19.4. The van der Waals surface area contributed by atoms with Crippen molar-refractivity contribution in [1.82, 2.24) is 5.43 Å². The number of nitrogens with zero attached hydrogens (tertiary/aromatic N) is 2. The average molecular weight is 365 g/mol. The Balaban J connectivity index is 1.64. The maximum Gasteiger partial charge on any atom is 0.271 e. The predicted octanol–water partition coefficient (Wildman–Crippen LogP) is 1.59. The van der Waals surface area contributed by atoms with Gasteiger partial charge in [-0.05, 0) is 48.0 Å². The average Bonchev–Trinajstić information content (AvgIpc) is 3.00. The van der Waals surface area contributed by atoms with Crippen molar-refractivity contribution in [2.24, 2.45) is 5.10 Å². The molecule has 1 aliphatic heterocycles. The van der Waals surface area contributed by atoms with Crippen LogP contribution < -0.4 is 15.1 Å². The Bertz CT molecular complexity index is 946. The molecule has 3 amide bonds. The summed E-state index contributed by atoms with van der Waals surface area (Å²) in [5.74, 6) is -1.02. The van der Waals surface area contributed by atoms with Crippen LogP contribution in [-0.4, -0.2) is 36.2 Å². The van der Waals surface area contributed by atoms with Crippen LogP contribution in [0.2, 0.25) is 0 Å². The van der Waals surface area contributed by atoms with Crippen molar-refractivity contribution < 1.29 is 24.2 Å². The molecule has 0 bridgehead atoms. The van der Waals surface area contributed by atoms with Gasteiger partial charge < -0.3 is 9.84 Å². The van der Waals surface area contributed by atoms with E-state index in [9.17, 15) is 19.5 Å². The number of amides is 3. The first-order chi connectivity index (χ1) is 13.0. The maximum absolute atomic E-state index is 12.1. The molecule has 1 aliphatic rings. The number of methoxy groups -OCH3 is 1. The standard InChI is InChI=1S/C19H15N3O5/c1-27-16-7-2-12(10-15(16)23)11-20-21-19(26)13-3-5-14(6-4-13)22-17(24)8-9-18(22)25/h2-11,23H,1H3,(H,21,26)/b20-11+. The monoisotopic (exact) mass is 365 g/mol. The first kappa shape index (κ1) is 17.9. The number of aromatic hydroxyl groups is 1. The zero-order valence-electron chi connectivity index (χ0n) is 14.2. The molecule has 3 rings (SSSR count). The minimum Gasteiger partial charge on any atom is -0.504 e. The minimum atomic E-state index is -0.465. The number of phenols is 1. The van der Waals surface area contributed by atoms with Gasteiger partial charge in [-0.3, -0.25) is 14.4 Å². The lowest BCUT2D eigenvalue weighted by Gasteiger charge is -2.13. The highest BCUT2D eigenvalue weighted by molar-refractivity contribution is 6.28. The van der Waals surface area contributed by atoms with Gasteiger partial charge >= 0.3 is 0 Å². The molecule has 2 aromatic rings. The second-order valence-electron chi connectivity index (χ2n) is 5.52. The molecule has 136 valence electrons. The van der Waals surface area contributed by atoms with E-state index in [0.717, 1.165) is 4.90 Å². The minimum absolute atomic E-state index is 0.0381. The van der Waals surface area contributed by atoms with E-state index in [2.05, 4.69) is 10.5 Å². The molecule has 27 heavy (non-hydrogen) atoms. The van der Waals surface area contributed by atoms with E-state index < -0.39 is 17.7 Å². The smallest absolute Gasteiger partial charge is 0.271 e. The summed E-state index contributed by atoms with van der Waals surface area (Å²) in [6.07, 6.45) is 3.75. The number of carbonyl (C=O) groups is 3. The molecule has 1 heterocycles. The van der Waals surface area contributed by atoms with Crippen molar-refractivity contribution in [3.05, 3.63) is 65.7 Å². The Kier molecular flexibility index (Phi) is 4.98. The molecule has 0 unspecified atom stereocenters. The van der Waals surface area contributed by atoms with E-state index in [4.69, 9.17) is 4.74 Å². The summed E-state index contributed by atoms with van der Waals surface area (Å²) >= 11 is 0. The van der Waals surface area contributed by atoms with Crippen molar-refractivity contribution >= 4 is 29.6 Å². The predicted molar refractivity (Wildman–Crippen MR) is 97.8 cm³/mol. The van der Waals surface area contributed by atoms with Crippen molar-refractivity contribution in [3.63, 3.8) is 0 Å². The Labute approximate surface area is 154 Å². The highest BCUT2D eigenvalue weighted by Crippen LogP contribution is 2.25. The second-order valence-corrected chi connectivity index (χ2v) is 5.52. The fourth-order valence-electron chi connectivity index (χ4n) is 2.43.